The summed E-state index contributed by atoms with van der Waals surface area (Å²) >= 11 is 0. The highest BCUT2D eigenvalue weighted by Crippen LogP contribution is 2.39. The highest BCUT2D eigenvalue weighted by atomic mass is 16.5. The molecule has 2 aromatic rings. The maximum Gasteiger partial charge on any atom is 0.0717 e. The summed E-state index contributed by atoms with van der Waals surface area (Å²) in [6.45, 7) is 4.02. The lowest BCUT2D eigenvalue weighted by Gasteiger charge is -2.26. The minimum atomic E-state index is 0.664. The van der Waals surface area contributed by atoms with Gasteiger partial charge < -0.3 is 4.74 Å². The fraction of sp³-hybridized carbons (Fsp3) is 0.478. The number of benzene rings is 2. The van der Waals surface area contributed by atoms with E-state index in [1.807, 2.05) is 0 Å². The SMILES string of the molecule is C[C@H](COCc1ccccc1)[C@H]1CCC[C@H]1CCc1ccccc1. The van der Waals surface area contributed by atoms with E-state index >= 15 is 0 Å². The van der Waals surface area contributed by atoms with E-state index in [2.05, 4.69) is 67.6 Å². The van der Waals surface area contributed by atoms with Crippen molar-refractivity contribution in [2.75, 3.05) is 6.61 Å². The smallest absolute Gasteiger partial charge is 0.0717 e. The zero-order valence-corrected chi connectivity index (χ0v) is 14.9. The van der Waals surface area contributed by atoms with E-state index in [-0.39, 0.29) is 0 Å². The van der Waals surface area contributed by atoms with Crippen LogP contribution in [0.4, 0.5) is 0 Å². The Morgan fingerprint density at radius 2 is 1.58 bits per heavy atom. The number of rotatable bonds is 8. The van der Waals surface area contributed by atoms with Gasteiger partial charge in [0.25, 0.3) is 0 Å². The van der Waals surface area contributed by atoms with Gasteiger partial charge in [-0.2, -0.15) is 0 Å². The second kappa shape index (κ2) is 9.03. The normalized spacial score (nSPS) is 21.7. The Labute approximate surface area is 147 Å². The predicted molar refractivity (Wildman–Crippen MR) is 101 cm³/mol. The van der Waals surface area contributed by atoms with Gasteiger partial charge in [-0.1, -0.05) is 80.4 Å². The molecule has 1 aliphatic rings. The lowest BCUT2D eigenvalue weighted by Crippen LogP contribution is -2.21. The molecule has 0 heterocycles. The van der Waals surface area contributed by atoms with E-state index in [1.165, 1.54) is 43.2 Å². The third-order valence-electron chi connectivity index (χ3n) is 5.59. The molecule has 0 aromatic heterocycles. The monoisotopic (exact) mass is 322 g/mol. The molecule has 0 radical (unpaired) electrons. The Kier molecular flexibility index (Phi) is 6.48. The van der Waals surface area contributed by atoms with E-state index in [0.717, 1.165) is 25.0 Å². The third-order valence-corrected chi connectivity index (χ3v) is 5.59. The van der Waals surface area contributed by atoms with Crippen LogP contribution in [0.1, 0.15) is 43.7 Å². The van der Waals surface area contributed by atoms with Crippen molar-refractivity contribution in [1.29, 1.82) is 0 Å². The summed E-state index contributed by atoms with van der Waals surface area (Å²) in [5.41, 5.74) is 2.76. The minimum absolute atomic E-state index is 0.664. The van der Waals surface area contributed by atoms with Gasteiger partial charge in [-0.3, -0.25) is 0 Å². The van der Waals surface area contributed by atoms with Crippen molar-refractivity contribution in [3.05, 3.63) is 71.8 Å². The maximum atomic E-state index is 6.01. The Balaban J connectivity index is 1.44. The summed E-state index contributed by atoms with van der Waals surface area (Å²) in [7, 11) is 0. The zero-order valence-electron chi connectivity index (χ0n) is 14.9. The van der Waals surface area contributed by atoms with Gasteiger partial charge in [0.2, 0.25) is 0 Å². The summed E-state index contributed by atoms with van der Waals surface area (Å²) in [5, 5.41) is 0. The molecule has 3 atom stereocenters. The van der Waals surface area contributed by atoms with Gasteiger partial charge >= 0.3 is 0 Å². The number of hydrogen-bond acceptors (Lipinski definition) is 1. The van der Waals surface area contributed by atoms with Crippen LogP contribution >= 0.6 is 0 Å². The van der Waals surface area contributed by atoms with Crippen LogP contribution in [0.15, 0.2) is 60.7 Å². The van der Waals surface area contributed by atoms with Crippen molar-refractivity contribution in [3.63, 3.8) is 0 Å². The van der Waals surface area contributed by atoms with Crippen LogP contribution in [0.3, 0.4) is 0 Å². The van der Waals surface area contributed by atoms with E-state index in [1.54, 1.807) is 0 Å². The lowest BCUT2D eigenvalue weighted by atomic mass is 9.82. The molecular formula is C23H30O. The molecule has 1 heteroatoms. The summed E-state index contributed by atoms with van der Waals surface area (Å²) in [5.74, 6) is 2.38. The molecule has 0 bridgehead atoms. The second-order valence-electron chi connectivity index (χ2n) is 7.36. The number of aryl methyl sites for hydroxylation is 1. The lowest BCUT2D eigenvalue weighted by molar-refractivity contribution is 0.0631. The van der Waals surface area contributed by atoms with E-state index in [0.29, 0.717) is 5.92 Å². The van der Waals surface area contributed by atoms with Crippen molar-refractivity contribution in [2.24, 2.45) is 17.8 Å². The van der Waals surface area contributed by atoms with Crippen LogP contribution in [0.2, 0.25) is 0 Å². The Bertz CT molecular complexity index is 577. The van der Waals surface area contributed by atoms with Crippen molar-refractivity contribution in [1.82, 2.24) is 0 Å². The maximum absolute atomic E-state index is 6.01. The average Bonchev–Trinajstić information content (AvgIpc) is 3.10. The van der Waals surface area contributed by atoms with Gasteiger partial charge in [0.15, 0.2) is 0 Å². The predicted octanol–water partition coefficient (Wildman–Crippen LogP) is 5.89. The average molecular weight is 322 g/mol. The fourth-order valence-electron chi connectivity index (χ4n) is 4.23. The first kappa shape index (κ1) is 17.2. The van der Waals surface area contributed by atoms with Gasteiger partial charge in [0, 0.05) is 6.61 Å². The molecule has 0 N–H and O–H groups in total. The molecule has 1 aliphatic carbocycles. The van der Waals surface area contributed by atoms with Crippen LogP contribution in [-0.4, -0.2) is 6.61 Å². The van der Waals surface area contributed by atoms with Crippen LogP contribution in [0.5, 0.6) is 0 Å². The summed E-state index contributed by atoms with van der Waals surface area (Å²) < 4.78 is 6.01. The largest absolute Gasteiger partial charge is 0.376 e. The quantitative estimate of drug-likeness (QED) is 0.589. The summed E-state index contributed by atoms with van der Waals surface area (Å²) in [6.07, 6.45) is 6.74. The number of ether oxygens (including phenoxy) is 1. The Morgan fingerprint density at radius 3 is 2.29 bits per heavy atom. The van der Waals surface area contributed by atoms with Gasteiger partial charge in [-0.15, -0.1) is 0 Å². The van der Waals surface area contributed by atoms with Gasteiger partial charge in [-0.25, -0.2) is 0 Å². The fourth-order valence-corrected chi connectivity index (χ4v) is 4.23. The molecule has 1 fully saturated rings. The topological polar surface area (TPSA) is 9.23 Å². The first-order valence-corrected chi connectivity index (χ1v) is 9.48. The van der Waals surface area contributed by atoms with Crippen molar-refractivity contribution < 1.29 is 4.74 Å². The summed E-state index contributed by atoms with van der Waals surface area (Å²) in [4.78, 5) is 0. The van der Waals surface area contributed by atoms with Gasteiger partial charge in [-0.05, 0) is 48.1 Å². The van der Waals surface area contributed by atoms with E-state index in [4.69, 9.17) is 4.74 Å². The molecule has 0 saturated heterocycles. The molecular weight excluding hydrogens is 292 g/mol. The van der Waals surface area contributed by atoms with Crippen molar-refractivity contribution in [2.45, 2.75) is 45.6 Å². The molecule has 1 nitrogen and oxygen atoms in total. The molecule has 128 valence electrons. The molecule has 0 spiro atoms. The highest BCUT2D eigenvalue weighted by Gasteiger charge is 2.31. The molecule has 2 aromatic carbocycles. The van der Waals surface area contributed by atoms with E-state index < -0.39 is 0 Å². The molecule has 0 unspecified atom stereocenters. The molecule has 24 heavy (non-hydrogen) atoms. The standard InChI is InChI=1S/C23H30O/c1-19(17-24-18-21-11-6-3-7-12-21)23-14-8-13-22(23)16-15-20-9-4-2-5-10-20/h2-7,9-12,19,22-23H,8,13-18H2,1H3/t19-,22+,23-/m1/s1. The van der Waals surface area contributed by atoms with Crippen molar-refractivity contribution >= 4 is 0 Å². The molecule has 3 rings (SSSR count). The van der Waals surface area contributed by atoms with Crippen LogP contribution in [-0.2, 0) is 17.8 Å². The first-order valence-electron chi connectivity index (χ1n) is 9.48. The van der Waals surface area contributed by atoms with Crippen LogP contribution < -0.4 is 0 Å². The molecule has 0 amide bonds. The van der Waals surface area contributed by atoms with Crippen molar-refractivity contribution in [3.8, 4) is 0 Å². The van der Waals surface area contributed by atoms with Gasteiger partial charge in [0.1, 0.15) is 0 Å². The Morgan fingerprint density at radius 1 is 0.917 bits per heavy atom. The van der Waals surface area contributed by atoms with Crippen LogP contribution in [0.25, 0.3) is 0 Å². The van der Waals surface area contributed by atoms with E-state index in [9.17, 15) is 0 Å². The van der Waals surface area contributed by atoms with Crippen LogP contribution in [0, 0.1) is 17.8 Å². The zero-order chi connectivity index (χ0) is 16.6. The minimum Gasteiger partial charge on any atom is -0.376 e. The molecule has 1 saturated carbocycles. The molecule has 0 aliphatic heterocycles. The van der Waals surface area contributed by atoms with Gasteiger partial charge in [0.05, 0.1) is 6.61 Å². The highest BCUT2D eigenvalue weighted by molar-refractivity contribution is 5.15. The Hall–Kier alpha value is -1.60. The second-order valence-corrected chi connectivity index (χ2v) is 7.36. The first-order chi connectivity index (χ1) is 11.8. The summed E-state index contributed by atoms with van der Waals surface area (Å²) in [6, 6.07) is 21.4. The third kappa shape index (κ3) is 4.95. The number of hydrogen-bond donors (Lipinski definition) is 0.